The molecule has 1 aromatic heterocycles. The fourth-order valence-electron chi connectivity index (χ4n) is 1.76. The molecule has 0 radical (unpaired) electrons. The van der Waals surface area contributed by atoms with Crippen LogP contribution in [0.5, 0.6) is 0 Å². The van der Waals surface area contributed by atoms with Crippen molar-refractivity contribution in [1.29, 1.82) is 0 Å². The second kappa shape index (κ2) is 3.77. The van der Waals surface area contributed by atoms with Gasteiger partial charge in [0.1, 0.15) is 0 Å². The van der Waals surface area contributed by atoms with Crippen LogP contribution in [-0.4, -0.2) is 28.2 Å². The fraction of sp³-hybridized carbons (Fsp3) is 0.636. The highest BCUT2D eigenvalue weighted by Crippen LogP contribution is 2.28. The average molecular weight is 207 g/mol. The average Bonchev–Trinajstić information content (AvgIpc) is 2.47. The van der Waals surface area contributed by atoms with E-state index in [0.29, 0.717) is 5.95 Å². The summed E-state index contributed by atoms with van der Waals surface area (Å²) in [5, 5.41) is 3.36. The Balaban J connectivity index is 2.14. The molecule has 0 saturated carbocycles. The van der Waals surface area contributed by atoms with Crippen LogP contribution in [-0.2, 0) is 4.74 Å². The number of nitrogens with zero attached hydrogens (tertiary/aromatic N) is 2. The van der Waals surface area contributed by atoms with Crippen molar-refractivity contribution in [3.8, 4) is 0 Å². The summed E-state index contributed by atoms with van der Waals surface area (Å²) in [7, 11) is 0. The minimum Gasteiger partial charge on any atom is -0.376 e. The number of ether oxygens (including phenoxy) is 1. The summed E-state index contributed by atoms with van der Waals surface area (Å²) in [6, 6.07) is 1.89. The number of hydrogen-bond donors (Lipinski definition) is 1. The Labute approximate surface area is 90.1 Å². The van der Waals surface area contributed by atoms with Crippen molar-refractivity contribution in [2.24, 2.45) is 0 Å². The second-order valence-electron chi connectivity index (χ2n) is 4.33. The van der Waals surface area contributed by atoms with Gasteiger partial charge in [0, 0.05) is 18.5 Å². The predicted octanol–water partition coefficient (Wildman–Crippen LogP) is 1.76. The molecule has 4 nitrogen and oxygen atoms in total. The number of rotatable bonds is 2. The van der Waals surface area contributed by atoms with Crippen LogP contribution in [0.4, 0.5) is 5.95 Å². The molecule has 0 spiro atoms. The molecule has 4 heteroatoms. The fourth-order valence-corrected chi connectivity index (χ4v) is 1.76. The Hall–Kier alpha value is -1.16. The zero-order chi connectivity index (χ0) is 10.9. The molecule has 2 atom stereocenters. The van der Waals surface area contributed by atoms with E-state index in [9.17, 15) is 0 Å². The van der Waals surface area contributed by atoms with Crippen molar-refractivity contribution in [1.82, 2.24) is 9.97 Å². The van der Waals surface area contributed by atoms with Gasteiger partial charge in [0.25, 0.3) is 0 Å². The molecule has 15 heavy (non-hydrogen) atoms. The van der Waals surface area contributed by atoms with Crippen LogP contribution in [0.25, 0.3) is 0 Å². The molecule has 2 heterocycles. The van der Waals surface area contributed by atoms with Gasteiger partial charge in [0.05, 0.1) is 11.6 Å². The number of hydrogen-bond acceptors (Lipinski definition) is 4. The third-order valence-electron chi connectivity index (χ3n) is 3.08. The van der Waals surface area contributed by atoms with E-state index < -0.39 is 0 Å². The Morgan fingerprint density at radius 1 is 1.60 bits per heavy atom. The zero-order valence-corrected chi connectivity index (χ0v) is 9.45. The number of nitrogens with one attached hydrogen (secondary N) is 1. The summed E-state index contributed by atoms with van der Waals surface area (Å²) in [6.45, 7) is 6.99. The minimum atomic E-state index is -0.0478. The lowest BCUT2D eigenvalue weighted by Crippen LogP contribution is -2.41. The van der Waals surface area contributed by atoms with Gasteiger partial charge in [0.15, 0.2) is 0 Å². The van der Waals surface area contributed by atoms with Gasteiger partial charge < -0.3 is 10.1 Å². The molecule has 2 unspecified atom stereocenters. The second-order valence-corrected chi connectivity index (χ2v) is 4.33. The van der Waals surface area contributed by atoms with Gasteiger partial charge in [-0.05, 0) is 33.3 Å². The lowest BCUT2D eigenvalue weighted by atomic mass is 9.95. The molecule has 1 fully saturated rings. The Kier molecular flexibility index (Phi) is 2.61. The standard InChI is InChI=1S/C11H17N3O/c1-8-4-6-12-10(13-8)14-11(3)5-7-15-9(11)2/h4,6,9H,5,7H2,1-3H3,(H,12,13,14). The van der Waals surface area contributed by atoms with Crippen LogP contribution in [0.15, 0.2) is 12.3 Å². The first-order chi connectivity index (χ1) is 7.10. The van der Waals surface area contributed by atoms with E-state index in [-0.39, 0.29) is 11.6 Å². The van der Waals surface area contributed by atoms with E-state index >= 15 is 0 Å². The number of aromatic nitrogens is 2. The van der Waals surface area contributed by atoms with Gasteiger partial charge in [0.2, 0.25) is 5.95 Å². The summed E-state index contributed by atoms with van der Waals surface area (Å²) in [5.74, 6) is 0.690. The molecule has 1 aromatic rings. The van der Waals surface area contributed by atoms with E-state index in [1.54, 1.807) is 6.20 Å². The summed E-state index contributed by atoms with van der Waals surface area (Å²) >= 11 is 0. The van der Waals surface area contributed by atoms with Crippen LogP contribution in [0.1, 0.15) is 26.0 Å². The largest absolute Gasteiger partial charge is 0.376 e. The van der Waals surface area contributed by atoms with Crippen LogP contribution >= 0.6 is 0 Å². The van der Waals surface area contributed by atoms with E-state index in [0.717, 1.165) is 18.7 Å². The Bertz CT molecular complexity index is 355. The van der Waals surface area contributed by atoms with Crippen molar-refractivity contribution < 1.29 is 4.74 Å². The quantitative estimate of drug-likeness (QED) is 0.802. The lowest BCUT2D eigenvalue weighted by molar-refractivity contribution is 0.105. The van der Waals surface area contributed by atoms with Crippen LogP contribution < -0.4 is 5.32 Å². The van der Waals surface area contributed by atoms with Crippen molar-refractivity contribution >= 4 is 5.95 Å². The van der Waals surface area contributed by atoms with E-state index in [1.807, 2.05) is 13.0 Å². The van der Waals surface area contributed by atoms with E-state index in [1.165, 1.54) is 0 Å². The van der Waals surface area contributed by atoms with Gasteiger partial charge in [-0.1, -0.05) is 0 Å². The Morgan fingerprint density at radius 2 is 2.40 bits per heavy atom. The molecule has 0 bridgehead atoms. The monoisotopic (exact) mass is 207 g/mol. The molecule has 82 valence electrons. The zero-order valence-electron chi connectivity index (χ0n) is 9.45. The third kappa shape index (κ3) is 2.09. The molecule has 2 rings (SSSR count). The van der Waals surface area contributed by atoms with Crippen molar-refractivity contribution in [2.75, 3.05) is 11.9 Å². The van der Waals surface area contributed by atoms with Crippen LogP contribution in [0.2, 0.25) is 0 Å². The number of aryl methyl sites for hydroxylation is 1. The number of anilines is 1. The van der Waals surface area contributed by atoms with Gasteiger partial charge >= 0.3 is 0 Å². The first kappa shape index (κ1) is 10.4. The Morgan fingerprint density at radius 3 is 3.00 bits per heavy atom. The summed E-state index contributed by atoms with van der Waals surface area (Å²) < 4.78 is 5.55. The highest BCUT2D eigenvalue weighted by Gasteiger charge is 2.37. The first-order valence-corrected chi connectivity index (χ1v) is 5.29. The SMILES string of the molecule is Cc1ccnc(NC2(C)CCOC2C)n1. The first-order valence-electron chi connectivity index (χ1n) is 5.29. The molecule has 1 N–H and O–H groups in total. The molecule has 0 aromatic carbocycles. The van der Waals surface area contributed by atoms with Crippen molar-refractivity contribution in [2.45, 2.75) is 38.8 Å². The lowest BCUT2D eigenvalue weighted by Gasteiger charge is -2.28. The minimum absolute atomic E-state index is 0.0478. The van der Waals surface area contributed by atoms with Gasteiger partial charge in [-0.15, -0.1) is 0 Å². The molecular weight excluding hydrogens is 190 g/mol. The smallest absolute Gasteiger partial charge is 0.223 e. The normalized spacial score (nSPS) is 30.5. The molecule has 0 aliphatic carbocycles. The summed E-state index contributed by atoms with van der Waals surface area (Å²) in [6.07, 6.45) is 2.96. The van der Waals surface area contributed by atoms with E-state index in [2.05, 4.69) is 29.1 Å². The maximum Gasteiger partial charge on any atom is 0.223 e. The molecular formula is C11H17N3O. The van der Waals surface area contributed by atoms with E-state index in [4.69, 9.17) is 4.74 Å². The summed E-state index contributed by atoms with van der Waals surface area (Å²) in [4.78, 5) is 8.54. The van der Waals surface area contributed by atoms with Crippen LogP contribution in [0, 0.1) is 6.92 Å². The van der Waals surface area contributed by atoms with Crippen LogP contribution in [0.3, 0.4) is 0 Å². The van der Waals surface area contributed by atoms with Gasteiger partial charge in [-0.2, -0.15) is 0 Å². The highest BCUT2D eigenvalue weighted by molar-refractivity contribution is 5.30. The molecule has 1 aliphatic rings. The predicted molar refractivity (Wildman–Crippen MR) is 58.8 cm³/mol. The highest BCUT2D eigenvalue weighted by atomic mass is 16.5. The maximum atomic E-state index is 5.55. The topological polar surface area (TPSA) is 47.0 Å². The van der Waals surface area contributed by atoms with Gasteiger partial charge in [-0.3, -0.25) is 0 Å². The van der Waals surface area contributed by atoms with Crippen molar-refractivity contribution in [3.63, 3.8) is 0 Å². The molecule has 1 saturated heterocycles. The maximum absolute atomic E-state index is 5.55. The third-order valence-corrected chi connectivity index (χ3v) is 3.08. The molecule has 1 aliphatic heterocycles. The molecule has 0 amide bonds. The van der Waals surface area contributed by atoms with Crippen molar-refractivity contribution in [3.05, 3.63) is 18.0 Å². The van der Waals surface area contributed by atoms with Gasteiger partial charge in [-0.25, -0.2) is 9.97 Å². The summed E-state index contributed by atoms with van der Waals surface area (Å²) in [5.41, 5.74) is 0.927.